The van der Waals surface area contributed by atoms with Crippen molar-refractivity contribution in [2.45, 2.75) is 0 Å². The van der Waals surface area contributed by atoms with Gasteiger partial charge in [-0.3, -0.25) is 4.57 Å². The van der Waals surface area contributed by atoms with Gasteiger partial charge in [-0.2, -0.15) is 0 Å². The lowest BCUT2D eigenvalue weighted by Crippen LogP contribution is -2.03. The predicted octanol–water partition coefficient (Wildman–Crippen LogP) is 14.2. The minimum atomic E-state index is 0.619. The molecule has 5 nitrogen and oxygen atoms in total. The zero-order valence-electron chi connectivity index (χ0n) is 31.7. The summed E-state index contributed by atoms with van der Waals surface area (Å²) in [6, 6.07) is 68.8. The zero-order valence-corrected chi connectivity index (χ0v) is 31.7. The average molecular weight is 753 g/mol. The van der Waals surface area contributed by atoms with Gasteiger partial charge >= 0.3 is 0 Å². The second kappa shape index (κ2) is 12.2. The fourth-order valence-corrected chi connectivity index (χ4v) is 9.55. The summed E-state index contributed by atoms with van der Waals surface area (Å²) in [5.41, 5.74) is 12.2. The van der Waals surface area contributed by atoms with E-state index in [2.05, 4.69) is 203 Å². The number of rotatable bonds is 4. The second-order valence-electron chi connectivity index (χ2n) is 15.3. The lowest BCUT2D eigenvalue weighted by molar-refractivity contribution is 0.669. The molecule has 13 aromatic rings. The molecule has 0 aliphatic carbocycles. The standard InChI is InChI=1S/C54H32N4O/c1-3-15-33(16-4-1)41-30-36(32-49-50(41)42-29-34-17-7-8-18-35(34)31-48(42)59-49)53-38-21-9-12-24-43(38)55-54(56-53)58-45-26-14-11-23-40(45)52-47(58)28-27-46-51(52)39-22-10-13-25-44(39)57(46)37-19-5-2-6-20-37/h1-32H. The van der Waals surface area contributed by atoms with Crippen molar-refractivity contribution >= 4 is 87.2 Å². The summed E-state index contributed by atoms with van der Waals surface area (Å²) in [5, 5.41) is 10.3. The second-order valence-corrected chi connectivity index (χ2v) is 15.3. The topological polar surface area (TPSA) is 48.8 Å². The predicted molar refractivity (Wildman–Crippen MR) is 244 cm³/mol. The Morgan fingerprint density at radius 1 is 0.373 bits per heavy atom. The van der Waals surface area contributed by atoms with Crippen LogP contribution in [-0.4, -0.2) is 19.1 Å². The van der Waals surface area contributed by atoms with Crippen LogP contribution in [0.25, 0.3) is 121 Å². The smallest absolute Gasteiger partial charge is 0.235 e. The fraction of sp³-hybridized carbons (Fsp3) is 0. The summed E-state index contributed by atoms with van der Waals surface area (Å²) >= 11 is 0. The Morgan fingerprint density at radius 3 is 1.71 bits per heavy atom. The molecule has 0 atom stereocenters. The number of hydrogen-bond acceptors (Lipinski definition) is 3. The monoisotopic (exact) mass is 752 g/mol. The van der Waals surface area contributed by atoms with Crippen molar-refractivity contribution < 1.29 is 4.42 Å². The molecule has 0 aliphatic rings. The third kappa shape index (κ3) is 4.67. The Kier molecular flexibility index (Phi) is 6.66. The van der Waals surface area contributed by atoms with Crippen LogP contribution < -0.4 is 0 Å². The van der Waals surface area contributed by atoms with Crippen LogP contribution in [-0.2, 0) is 0 Å². The maximum Gasteiger partial charge on any atom is 0.235 e. The average Bonchev–Trinajstić information content (AvgIpc) is 3.95. The van der Waals surface area contributed by atoms with Crippen molar-refractivity contribution in [1.29, 1.82) is 0 Å². The number of hydrogen-bond donors (Lipinski definition) is 0. The van der Waals surface area contributed by atoms with Gasteiger partial charge in [-0.1, -0.05) is 127 Å². The summed E-state index contributed by atoms with van der Waals surface area (Å²) in [4.78, 5) is 10.9. The van der Waals surface area contributed by atoms with Gasteiger partial charge in [0.1, 0.15) is 11.2 Å². The first-order valence-electron chi connectivity index (χ1n) is 20.0. The van der Waals surface area contributed by atoms with E-state index in [-0.39, 0.29) is 0 Å². The Balaban J connectivity index is 1.11. The van der Waals surface area contributed by atoms with E-state index in [0.29, 0.717) is 5.95 Å². The van der Waals surface area contributed by atoms with Crippen molar-refractivity contribution in [3.05, 3.63) is 194 Å². The number of nitrogens with zero attached hydrogens (tertiary/aromatic N) is 4. The van der Waals surface area contributed by atoms with Crippen LogP contribution in [0.15, 0.2) is 199 Å². The van der Waals surface area contributed by atoms with E-state index >= 15 is 0 Å². The van der Waals surface area contributed by atoms with Gasteiger partial charge in [0.05, 0.1) is 33.3 Å². The van der Waals surface area contributed by atoms with E-state index in [0.717, 1.165) is 88.2 Å². The van der Waals surface area contributed by atoms with Gasteiger partial charge in [-0.15, -0.1) is 0 Å². The van der Waals surface area contributed by atoms with Gasteiger partial charge in [0.15, 0.2) is 0 Å². The van der Waals surface area contributed by atoms with Crippen molar-refractivity contribution in [2.24, 2.45) is 0 Å². The highest BCUT2D eigenvalue weighted by Crippen LogP contribution is 2.44. The van der Waals surface area contributed by atoms with Crippen molar-refractivity contribution in [2.75, 3.05) is 0 Å². The maximum atomic E-state index is 6.77. The normalized spacial score (nSPS) is 12.1. The van der Waals surface area contributed by atoms with E-state index in [1.54, 1.807) is 0 Å². The quantitative estimate of drug-likeness (QED) is 0.180. The Hall–Kier alpha value is -8.02. The van der Waals surface area contributed by atoms with Crippen LogP contribution in [0.5, 0.6) is 0 Å². The van der Waals surface area contributed by atoms with E-state index in [9.17, 15) is 0 Å². The Labute approximate surface area is 337 Å². The highest BCUT2D eigenvalue weighted by molar-refractivity contribution is 6.29. The highest BCUT2D eigenvalue weighted by atomic mass is 16.3. The molecule has 4 aromatic heterocycles. The number of furan rings is 1. The van der Waals surface area contributed by atoms with Crippen molar-refractivity contribution in [1.82, 2.24) is 19.1 Å². The summed E-state index contributed by atoms with van der Waals surface area (Å²) < 4.78 is 11.4. The molecule has 0 saturated heterocycles. The third-order valence-corrected chi connectivity index (χ3v) is 12.1. The molecule has 0 aliphatic heterocycles. The van der Waals surface area contributed by atoms with Crippen LogP contribution in [0.2, 0.25) is 0 Å². The molecule has 5 heteroatoms. The van der Waals surface area contributed by atoms with Gasteiger partial charge < -0.3 is 8.98 Å². The number of aromatic nitrogens is 4. The van der Waals surface area contributed by atoms with Gasteiger partial charge in [0, 0.05) is 49.0 Å². The van der Waals surface area contributed by atoms with Crippen LogP contribution in [0.4, 0.5) is 0 Å². The van der Waals surface area contributed by atoms with E-state index < -0.39 is 0 Å². The molecule has 0 amide bonds. The first kappa shape index (κ1) is 32.1. The molecule has 0 unspecified atom stereocenters. The first-order chi connectivity index (χ1) is 29.3. The highest BCUT2D eigenvalue weighted by Gasteiger charge is 2.23. The number of para-hydroxylation sites is 4. The maximum absolute atomic E-state index is 6.77. The van der Waals surface area contributed by atoms with Crippen LogP contribution in [0.3, 0.4) is 0 Å². The third-order valence-electron chi connectivity index (χ3n) is 12.1. The van der Waals surface area contributed by atoms with E-state index in [4.69, 9.17) is 14.4 Å². The largest absolute Gasteiger partial charge is 0.456 e. The summed E-state index contributed by atoms with van der Waals surface area (Å²) in [7, 11) is 0. The van der Waals surface area contributed by atoms with E-state index in [1.165, 1.54) is 27.1 Å². The summed E-state index contributed by atoms with van der Waals surface area (Å²) in [6.07, 6.45) is 0. The van der Waals surface area contributed by atoms with Gasteiger partial charge in [-0.25, -0.2) is 9.97 Å². The molecule has 0 N–H and O–H groups in total. The Bertz CT molecular complexity index is 3840. The van der Waals surface area contributed by atoms with Crippen LogP contribution in [0, 0.1) is 0 Å². The molecule has 59 heavy (non-hydrogen) atoms. The van der Waals surface area contributed by atoms with Gasteiger partial charge in [-0.05, 0) is 88.6 Å². The number of fused-ring (bicyclic) bond motifs is 12. The molecule has 13 rings (SSSR count). The number of benzene rings is 9. The van der Waals surface area contributed by atoms with Crippen molar-refractivity contribution in [3.63, 3.8) is 0 Å². The molecule has 0 spiro atoms. The molecular weight excluding hydrogens is 721 g/mol. The fourth-order valence-electron chi connectivity index (χ4n) is 9.55. The van der Waals surface area contributed by atoms with Crippen LogP contribution in [0.1, 0.15) is 0 Å². The molecule has 0 radical (unpaired) electrons. The molecule has 0 bridgehead atoms. The van der Waals surface area contributed by atoms with Gasteiger partial charge in [0.2, 0.25) is 5.95 Å². The summed E-state index contributed by atoms with van der Waals surface area (Å²) in [5.74, 6) is 0.619. The molecule has 4 heterocycles. The van der Waals surface area contributed by atoms with Gasteiger partial charge in [0.25, 0.3) is 0 Å². The molecule has 9 aromatic carbocycles. The van der Waals surface area contributed by atoms with E-state index in [1.807, 2.05) is 0 Å². The van der Waals surface area contributed by atoms with Crippen LogP contribution >= 0.6 is 0 Å². The SMILES string of the molecule is c1ccc(-c2cc(-c3nc(-n4c5ccccc5c5c6c7ccccc7n(-c7ccccc7)c6ccc54)nc4ccccc34)cc3oc4cc5ccccc5cc4c23)cc1. The molecule has 0 fully saturated rings. The first-order valence-corrected chi connectivity index (χ1v) is 20.0. The Morgan fingerprint density at radius 2 is 0.966 bits per heavy atom. The molecule has 274 valence electrons. The lowest BCUT2D eigenvalue weighted by Gasteiger charge is -2.13. The van der Waals surface area contributed by atoms with Crippen molar-refractivity contribution in [3.8, 4) is 34.0 Å². The minimum Gasteiger partial charge on any atom is -0.456 e. The zero-order chi connectivity index (χ0) is 38.6. The lowest BCUT2D eigenvalue weighted by atomic mass is 9.94. The minimum absolute atomic E-state index is 0.619. The summed E-state index contributed by atoms with van der Waals surface area (Å²) in [6.45, 7) is 0. The molecule has 0 saturated carbocycles. The molecular formula is C54H32N4O.